The predicted octanol–water partition coefficient (Wildman–Crippen LogP) is 4.53. The van der Waals surface area contributed by atoms with Crippen LogP contribution < -0.4 is 10.9 Å². The van der Waals surface area contributed by atoms with Gasteiger partial charge in [-0.25, -0.2) is 10.9 Å². The summed E-state index contributed by atoms with van der Waals surface area (Å²) in [4.78, 5) is 25.7. The first-order valence-corrected chi connectivity index (χ1v) is 11.1. The maximum Gasteiger partial charge on any atom is 0.240 e. The summed E-state index contributed by atoms with van der Waals surface area (Å²) in [6, 6.07) is 7.86. The number of hydrogen-bond donors (Lipinski definition) is 2. The number of amides is 2. The zero-order valence-corrected chi connectivity index (χ0v) is 17.9. The first-order valence-electron chi connectivity index (χ1n) is 9.30. The summed E-state index contributed by atoms with van der Waals surface area (Å²) in [6.45, 7) is 3.76. The number of carbonyl (C=O) groups excluding carboxylic acids is 2. The molecular formula is C20H26N4O2S2. The molecule has 0 aliphatic heterocycles. The number of nitrogens with zero attached hydrogens (tertiary/aromatic N) is 2. The van der Waals surface area contributed by atoms with E-state index in [-0.39, 0.29) is 11.8 Å². The van der Waals surface area contributed by atoms with Crippen molar-refractivity contribution in [2.45, 2.75) is 52.4 Å². The largest absolute Gasteiger partial charge is 0.273 e. The molecule has 0 aliphatic rings. The van der Waals surface area contributed by atoms with Crippen molar-refractivity contribution in [1.29, 1.82) is 0 Å². The molecule has 2 aromatic heterocycles. The lowest BCUT2D eigenvalue weighted by atomic mass is 10.1. The molecule has 0 bridgehead atoms. The summed E-state index contributed by atoms with van der Waals surface area (Å²) >= 11 is 3.19. The fraction of sp³-hybridized carbons (Fsp3) is 0.400. The lowest BCUT2D eigenvalue weighted by Crippen LogP contribution is -2.19. The molecule has 28 heavy (non-hydrogen) atoms. The maximum absolute atomic E-state index is 11.8. The van der Waals surface area contributed by atoms with Gasteiger partial charge < -0.3 is 0 Å². The second kappa shape index (κ2) is 12.2. The zero-order valence-electron chi connectivity index (χ0n) is 16.2. The quantitative estimate of drug-likeness (QED) is 0.319. The first kappa shape index (κ1) is 22.0. The summed E-state index contributed by atoms with van der Waals surface area (Å²) in [6.07, 6.45) is 4.28. The van der Waals surface area contributed by atoms with Crippen molar-refractivity contribution in [2.75, 3.05) is 0 Å². The van der Waals surface area contributed by atoms with Crippen LogP contribution in [0.3, 0.4) is 0 Å². The average Bonchev–Trinajstić information content (AvgIpc) is 3.40. The molecule has 0 unspecified atom stereocenters. The van der Waals surface area contributed by atoms with Gasteiger partial charge in [0.2, 0.25) is 11.8 Å². The van der Waals surface area contributed by atoms with E-state index in [2.05, 4.69) is 21.1 Å². The average molecular weight is 419 g/mol. The van der Waals surface area contributed by atoms with Gasteiger partial charge in [0.05, 0.1) is 11.4 Å². The van der Waals surface area contributed by atoms with E-state index in [0.717, 1.165) is 46.9 Å². The van der Waals surface area contributed by atoms with Crippen LogP contribution in [0.2, 0.25) is 0 Å². The molecule has 0 radical (unpaired) electrons. The van der Waals surface area contributed by atoms with Gasteiger partial charge in [-0.1, -0.05) is 25.0 Å². The molecule has 2 N–H and O–H groups in total. The van der Waals surface area contributed by atoms with E-state index < -0.39 is 0 Å². The Labute approximate surface area is 173 Å². The molecule has 0 spiro atoms. The molecule has 0 saturated heterocycles. The van der Waals surface area contributed by atoms with Gasteiger partial charge in [-0.15, -0.1) is 22.7 Å². The minimum Gasteiger partial charge on any atom is -0.273 e. The maximum atomic E-state index is 11.8. The predicted molar refractivity (Wildman–Crippen MR) is 117 cm³/mol. The second-order valence-electron chi connectivity index (χ2n) is 6.33. The number of carbonyl (C=O) groups is 2. The van der Waals surface area contributed by atoms with E-state index in [0.29, 0.717) is 12.8 Å². The minimum atomic E-state index is -0.0768. The fourth-order valence-electron chi connectivity index (χ4n) is 2.41. The number of thiophene rings is 2. The Morgan fingerprint density at radius 2 is 1.21 bits per heavy atom. The molecule has 8 heteroatoms. The molecule has 0 saturated carbocycles. The summed E-state index contributed by atoms with van der Waals surface area (Å²) in [5.41, 5.74) is 6.82. The van der Waals surface area contributed by atoms with Crippen molar-refractivity contribution >= 4 is 45.9 Å². The van der Waals surface area contributed by atoms with Gasteiger partial charge in [-0.05, 0) is 49.6 Å². The number of unbranched alkanes of at least 4 members (excludes halogenated alkanes) is 3. The van der Waals surface area contributed by atoms with Crippen molar-refractivity contribution in [2.24, 2.45) is 10.2 Å². The molecule has 0 aliphatic carbocycles. The Morgan fingerprint density at radius 1 is 0.786 bits per heavy atom. The van der Waals surface area contributed by atoms with Crippen LogP contribution in [-0.4, -0.2) is 23.2 Å². The third-order valence-corrected chi connectivity index (χ3v) is 5.97. The molecule has 0 fully saturated rings. The van der Waals surface area contributed by atoms with Crippen LogP contribution in [-0.2, 0) is 9.59 Å². The number of nitrogens with one attached hydrogen (secondary N) is 2. The van der Waals surface area contributed by atoms with Crippen LogP contribution in [0, 0.1) is 0 Å². The Balaban J connectivity index is 1.52. The van der Waals surface area contributed by atoms with Crippen LogP contribution in [0.15, 0.2) is 45.2 Å². The molecule has 0 aromatic carbocycles. The molecule has 150 valence electrons. The minimum absolute atomic E-state index is 0.0768. The highest BCUT2D eigenvalue weighted by Crippen LogP contribution is 2.10. The van der Waals surface area contributed by atoms with Crippen molar-refractivity contribution in [3.05, 3.63) is 44.8 Å². The van der Waals surface area contributed by atoms with Gasteiger partial charge in [0, 0.05) is 22.6 Å². The van der Waals surface area contributed by atoms with Gasteiger partial charge in [0.15, 0.2) is 0 Å². The molecule has 2 heterocycles. The van der Waals surface area contributed by atoms with Gasteiger partial charge >= 0.3 is 0 Å². The monoisotopic (exact) mass is 418 g/mol. The van der Waals surface area contributed by atoms with Gasteiger partial charge in [-0.2, -0.15) is 10.2 Å². The Morgan fingerprint density at radius 3 is 1.57 bits per heavy atom. The third-order valence-electron chi connectivity index (χ3n) is 4.01. The van der Waals surface area contributed by atoms with Crippen molar-refractivity contribution in [3.8, 4) is 0 Å². The van der Waals surface area contributed by atoms with Crippen LogP contribution in [0.1, 0.15) is 62.1 Å². The topological polar surface area (TPSA) is 82.9 Å². The van der Waals surface area contributed by atoms with Crippen molar-refractivity contribution in [1.82, 2.24) is 10.9 Å². The van der Waals surface area contributed by atoms with Crippen molar-refractivity contribution in [3.63, 3.8) is 0 Å². The van der Waals surface area contributed by atoms with E-state index in [4.69, 9.17) is 0 Å². The molecule has 2 rings (SSSR count). The number of hydrogen-bond acceptors (Lipinski definition) is 6. The highest BCUT2D eigenvalue weighted by Gasteiger charge is 2.04. The smallest absolute Gasteiger partial charge is 0.240 e. The van der Waals surface area contributed by atoms with Crippen LogP contribution in [0.25, 0.3) is 0 Å². The molecular weight excluding hydrogens is 392 g/mol. The lowest BCUT2D eigenvalue weighted by Gasteiger charge is -2.03. The molecule has 2 aromatic rings. The van der Waals surface area contributed by atoms with Crippen LogP contribution in [0.4, 0.5) is 0 Å². The van der Waals surface area contributed by atoms with E-state index in [9.17, 15) is 9.59 Å². The fourth-order valence-corrected chi connectivity index (χ4v) is 3.76. The molecule has 2 amide bonds. The summed E-state index contributed by atoms with van der Waals surface area (Å²) < 4.78 is 0. The standard InChI is InChI=1S/C20H26N4O2S2/c1-15(17-9-7-13-27-17)21-23-19(25)11-5-3-4-6-12-20(26)24-22-16(2)18-10-8-14-28-18/h7-10,13-14H,3-6,11-12H2,1-2H3,(H,23,25)(H,24,26)/b21-15+,22-16+. The van der Waals surface area contributed by atoms with Gasteiger partial charge in [0.25, 0.3) is 0 Å². The third kappa shape index (κ3) is 8.14. The normalized spacial score (nSPS) is 12.1. The highest BCUT2D eigenvalue weighted by molar-refractivity contribution is 7.12. The summed E-state index contributed by atoms with van der Waals surface area (Å²) in [7, 11) is 0. The SMILES string of the molecule is C/C(=N\NC(=O)CCCCCCC(=O)N/N=C(\C)c1cccs1)c1cccs1. The Hall–Kier alpha value is -2.32. The lowest BCUT2D eigenvalue weighted by molar-refractivity contribution is -0.122. The molecule has 0 atom stereocenters. The van der Waals surface area contributed by atoms with E-state index in [1.807, 2.05) is 48.9 Å². The number of hydrazone groups is 2. The van der Waals surface area contributed by atoms with Gasteiger partial charge in [0.1, 0.15) is 0 Å². The molecule has 6 nitrogen and oxygen atoms in total. The number of rotatable bonds is 11. The van der Waals surface area contributed by atoms with Crippen molar-refractivity contribution < 1.29 is 9.59 Å². The highest BCUT2D eigenvalue weighted by atomic mass is 32.1. The Kier molecular flexibility index (Phi) is 9.57. The zero-order chi connectivity index (χ0) is 20.2. The summed E-state index contributed by atoms with van der Waals surface area (Å²) in [5.74, 6) is -0.154. The van der Waals surface area contributed by atoms with Crippen LogP contribution in [0.5, 0.6) is 0 Å². The first-order chi connectivity index (χ1) is 13.6. The second-order valence-corrected chi connectivity index (χ2v) is 8.23. The van der Waals surface area contributed by atoms with Gasteiger partial charge in [-0.3, -0.25) is 9.59 Å². The van der Waals surface area contributed by atoms with Crippen LogP contribution >= 0.6 is 22.7 Å². The Bertz CT molecular complexity index is 728. The van der Waals surface area contributed by atoms with E-state index in [1.54, 1.807) is 22.7 Å². The summed E-state index contributed by atoms with van der Waals surface area (Å²) in [5, 5.41) is 12.2. The van der Waals surface area contributed by atoms with E-state index in [1.165, 1.54) is 0 Å². The van der Waals surface area contributed by atoms with E-state index >= 15 is 0 Å².